The molecule has 1 unspecified atom stereocenters. The summed E-state index contributed by atoms with van der Waals surface area (Å²) in [5.74, 6) is 0. The predicted molar refractivity (Wildman–Crippen MR) is 87.0 cm³/mol. The fourth-order valence-corrected chi connectivity index (χ4v) is 3.24. The van der Waals surface area contributed by atoms with E-state index < -0.39 is 0 Å². The molecule has 0 aliphatic heterocycles. The van der Waals surface area contributed by atoms with Gasteiger partial charge in [-0.2, -0.15) is 0 Å². The van der Waals surface area contributed by atoms with Gasteiger partial charge in [-0.05, 0) is 50.9 Å². The standard InChI is InChI=1S/C16H20N2O2S/c1-12(11-16-8-3-13(2)21-16)17-10-9-14-4-6-15(7-5-14)18(19)20/h3-8,12,17H,9-11H2,1-2H3. The van der Waals surface area contributed by atoms with Gasteiger partial charge in [-0.3, -0.25) is 10.1 Å². The van der Waals surface area contributed by atoms with E-state index in [1.807, 2.05) is 23.5 Å². The van der Waals surface area contributed by atoms with E-state index in [1.54, 1.807) is 12.1 Å². The molecule has 1 aromatic heterocycles. The molecule has 5 heteroatoms. The van der Waals surface area contributed by atoms with Gasteiger partial charge >= 0.3 is 0 Å². The monoisotopic (exact) mass is 304 g/mol. The highest BCUT2D eigenvalue weighted by Gasteiger charge is 2.06. The first-order valence-corrected chi connectivity index (χ1v) is 7.88. The van der Waals surface area contributed by atoms with Crippen molar-refractivity contribution in [2.75, 3.05) is 6.54 Å². The third kappa shape index (κ3) is 4.95. The molecule has 2 rings (SSSR count). The maximum Gasteiger partial charge on any atom is 0.269 e. The SMILES string of the molecule is Cc1ccc(CC(C)NCCc2ccc([N+](=O)[O-])cc2)s1. The Morgan fingerprint density at radius 3 is 2.52 bits per heavy atom. The lowest BCUT2D eigenvalue weighted by Gasteiger charge is -2.12. The number of aryl methyl sites for hydroxylation is 1. The first-order valence-electron chi connectivity index (χ1n) is 7.06. The van der Waals surface area contributed by atoms with E-state index in [2.05, 4.69) is 31.3 Å². The highest BCUT2D eigenvalue weighted by Crippen LogP contribution is 2.16. The van der Waals surface area contributed by atoms with Gasteiger partial charge in [0.15, 0.2) is 0 Å². The third-order valence-electron chi connectivity index (χ3n) is 3.36. The zero-order valence-electron chi connectivity index (χ0n) is 12.3. The fourth-order valence-electron chi connectivity index (χ4n) is 2.22. The first kappa shape index (κ1) is 15.7. The van der Waals surface area contributed by atoms with Gasteiger partial charge in [-0.15, -0.1) is 11.3 Å². The van der Waals surface area contributed by atoms with Crippen LogP contribution in [0.2, 0.25) is 0 Å². The van der Waals surface area contributed by atoms with E-state index in [0.717, 1.165) is 24.9 Å². The number of hydrogen-bond donors (Lipinski definition) is 1. The highest BCUT2D eigenvalue weighted by molar-refractivity contribution is 7.11. The molecule has 0 amide bonds. The summed E-state index contributed by atoms with van der Waals surface area (Å²) in [6.07, 6.45) is 1.92. The van der Waals surface area contributed by atoms with Crippen LogP contribution in [0.5, 0.6) is 0 Å². The van der Waals surface area contributed by atoms with Crippen molar-refractivity contribution in [1.82, 2.24) is 5.32 Å². The number of hydrogen-bond acceptors (Lipinski definition) is 4. The molecule has 1 aromatic carbocycles. The molecule has 0 spiro atoms. The second-order valence-electron chi connectivity index (χ2n) is 5.25. The van der Waals surface area contributed by atoms with Crippen molar-refractivity contribution in [2.24, 2.45) is 0 Å². The quantitative estimate of drug-likeness (QED) is 0.626. The Hall–Kier alpha value is -1.72. The highest BCUT2D eigenvalue weighted by atomic mass is 32.1. The summed E-state index contributed by atoms with van der Waals surface area (Å²) in [5, 5.41) is 14.1. The van der Waals surface area contributed by atoms with Crippen molar-refractivity contribution < 1.29 is 4.92 Å². The van der Waals surface area contributed by atoms with Crippen molar-refractivity contribution in [3.8, 4) is 0 Å². The molecule has 0 fully saturated rings. The number of rotatable bonds is 7. The van der Waals surface area contributed by atoms with Crippen LogP contribution >= 0.6 is 11.3 Å². The summed E-state index contributed by atoms with van der Waals surface area (Å²) in [6, 6.07) is 11.6. The van der Waals surface area contributed by atoms with Crippen molar-refractivity contribution in [2.45, 2.75) is 32.7 Å². The summed E-state index contributed by atoms with van der Waals surface area (Å²) in [7, 11) is 0. The van der Waals surface area contributed by atoms with Crippen LogP contribution in [0.4, 0.5) is 5.69 Å². The second kappa shape index (κ2) is 7.33. The third-order valence-corrected chi connectivity index (χ3v) is 4.38. The number of nitro benzene ring substituents is 1. The van der Waals surface area contributed by atoms with Gasteiger partial charge in [0, 0.05) is 27.9 Å². The van der Waals surface area contributed by atoms with E-state index >= 15 is 0 Å². The number of benzene rings is 1. The van der Waals surface area contributed by atoms with Crippen LogP contribution in [0.15, 0.2) is 36.4 Å². The van der Waals surface area contributed by atoms with Crippen molar-refractivity contribution in [3.05, 3.63) is 61.8 Å². The van der Waals surface area contributed by atoms with E-state index in [0.29, 0.717) is 6.04 Å². The molecule has 1 atom stereocenters. The molecular formula is C16H20N2O2S. The Morgan fingerprint density at radius 2 is 1.95 bits per heavy atom. The summed E-state index contributed by atoms with van der Waals surface area (Å²) in [6.45, 7) is 5.19. The van der Waals surface area contributed by atoms with Crippen LogP contribution in [0, 0.1) is 17.0 Å². The van der Waals surface area contributed by atoms with E-state index in [4.69, 9.17) is 0 Å². The molecular weight excluding hydrogens is 284 g/mol. The molecule has 0 aliphatic rings. The molecule has 0 aliphatic carbocycles. The lowest BCUT2D eigenvalue weighted by atomic mass is 10.1. The van der Waals surface area contributed by atoms with Gasteiger partial charge in [-0.1, -0.05) is 12.1 Å². The van der Waals surface area contributed by atoms with Gasteiger partial charge in [0.1, 0.15) is 0 Å². The second-order valence-corrected chi connectivity index (χ2v) is 6.62. The van der Waals surface area contributed by atoms with Crippen LogP contribution in [0.1, 0.15) is 22.2 Å². The van der Waals surface area contributed by atoms with Crippen molar-refractivity contribution in [3.63, 3.8) is 0 Å². The van der Waals surface area contributed by atoms with Crippen LogP contribution in [0.3, 0.4) is 0 Å². The zero-order valence-corrected chi connectivity index (χ0v) is 13.2. The smallest absolute Gasteiger partial charge is 0.269 e. The Bertz CT molecular complexity index is 593. The summed E-state index contributed by atoms with van der Waals surface area (Å²) in [5.41, 5.74) is 1.26. The molecule has 21 heavy (non-hydrogen) atoms. The zero-order chi connectivity index (χ0) is 15.2. The Labute approximate surface area is 129 Å². The Balaban J connectivity index is 1.74. The number of nitro groups is 1. The Kier molecular flexibility index (Phi) is 5.47. The van der Waals surface area contributed by atoms with Gasteiger partial charge in [0.05, 0.1) is 4.92 Å². The predicted octanol–water partition coefficient (Wildman–Crippen LogP) is 3.73. The van der Waals surface area contributed by atoms with Gasteiger partial charge in [0.2, 0.25) is 0 Å². The van der Waals surface area contributed by atoms with Crippen LogP contribution in [0.25, 0.3) is 0 Å². The molecule has 1 N–H and O–H groups in total. The van der Waals surface area contributed by atoms with Crippen LogP contribution in [-0.2, 0) is 12.8 Å². The normalized spacial score (nSPS) is 12.3. The summed E-state index contributed by atoms with van der Waals surface area (Å²) < 4.78 is 0. The van der Waals surface area contributed by atoms with Crippen LogP contribution in [-0.4, -0.2) is 17.5 Å². The summed E-state index contributed by atoms with van der Waals surface area (Å²) >= 11 is 1.85. The number of non-ortho nitro benzene ring substituents is 1. The lowest BCUT2D eigenvalue weighted by Crippen LogP contribution is -2.29. The molecule has 0 saturated heterocycles. The molecule has 4 nitrogen and oxygen atoms in total. The number of nitrogens with one attached hydrogen (secondary N) is 1. The summed E-state index contributed by atoms with van der Waals surface area (Å²) in [4.78, 5) is 13.0. The molecule has 0 radical (unpaired) electrons. The topological polar surface area (TPSA) is 55.2 Å². The average molecular weight is 304 g/mol. The van der Waals surface area contributed by atoms with E-state index in [-0.39, 0.29) is 10.6 Å². The van der Waals surface area contributed by atoms with Crippen LogP contribution < -0.4 is 5.32 Å². The molecule has 112 valence electrons. The van der Waals surface area contributed by atoms with Crippen molar-refractivity contribution in [1.29, 1.82) is 0 Å². The van der Waals surface area contributed by atoms with E-state index in [9.17, 15) is 10.1 Å². The van der Waals surface area contributed by atoms with Crippen molar-refractivity contribution >= 4 is 17.0 Å². The maximum atomic E-state index is 10.6. The van der Waals surface area contributed by atoms with Gasteiger partial charge in [-0.25, -0.2) is 0 Å². The number of nitrogens with zero attached hydrogens (tertiary/aromatic N) is 1. The van der Waals surface area contributed by atoms with Gasteiger partial charge in [0.25, 0.3) is 5.69 Å². The minimum absolute atomic E-state index is 0.146. The van der Waals surface area contributed by atoms with Gasteiger partial charge < -0.3 is 5.32 Å². The maximum absolute atomic E-state index is 10.6. The molecule has 0 saturated carbocycles. The largest absolute Gasteiger partial charge is 0.314 e. The Morgan fingerprint density at radius 1 is 1.24 bits per heavy atom. The first-order chi connectivity index (χ1) is 10.0. The minimum atomic E-state index is -0.368. The minimum Gasteiger partial charge on any atom is -0.314 e. The molecule has 0 bridgehead atoms. The van der Waals surface area contributed by atoms with E-state index in [1.165, 1.54) is 9.75 Å². The lowest BCUT2D eigenvalue weighted by molar-refractivity contribution is -0.384. The fraction of sp³-hybridized carbons (Fsp3) is 0.375. The molecule has 1 heterocycles. The average Bonchev–Trinajstić information content (AvgIpc) is 2.84. The molecule has 2 aromatic rings. The number of thiophene rings is 1.